The molecule has 0 unspecified atom stereocenters. The second-order valence-electron chi connectivity index (χ2n) is 5.81. The Bertz CT molecular complexity index is 1230. The number of benzene rings is 2. The SMILES string of the molecule is O=c1c(/C=C/c2ccc(O)cc2)nc2ccc(F)cc2n1-c1cnn(O)c1. The Morgan fingerprint density at radius 2 is 1.85 bits per heavy atom. The van der Waals surface area contributed by atoms with Crippen LogP contribution in [0.1, 0.15) is 11.3 Å². The van der Waals surface area contributed by atoms with E-state index in [1.165, 1.54) is 53.4 Å². The summed E-state index contributed by atoms with van der Waals surface area (Å²) >= 11 is 0. The summed E-state index contributed by atoms with van der Waals surface area (Å²) in [5, 5.41) is 22.4. The molecule has 0 aliphatic heterocycles. The van der Waals surface area contributed by atoms with E-state index < -0.39 is 11.4 Å². The lowest BCUT2D eigenvalue weighted by atomic mass is 10.2. The molecule has 0 amide bonds. The molecule has 4 aromatic rings. The first kappa shape index (κ1) is 16.5. The molecule has 0 radical (unpaired) electrons. The van der Waals surface area contributed by atoms with Crippen LogP contribution in [0.25, 0.3) is 28.9 Å². The zero-order chi connectivity index (χ0) is 19.0. The van der Waals surface area contributed by atoms with Crippen LogP contribution in [0.15, 0.2) is 59.7 Å². The van der Waals surface area contributed by atoms with Gasteiger partial charge in [-0.2, -0.15) is 0 Å². The van der Waals surface area contributed by atoms with Crippen molar-refractivity contribution in [3.63, 3.8) is 0 Å². The van der Waals surface area contributed by atoms with Gasteiger partial charge < -0.3 is 10.3 Å². The summed E-state index contributed by atoms with van der Waals surface area (Å²) in [6.07, 6.45) is 5.74. The smallest absolute Gasteiger partial charge is 0.281 e. The molecule has 0 fully saturated rings. The lowest BCUT2D eigenvalue weighted by Gasteiger charge is -2.09. The van der Waals surface area contributed by atoms with Crippen LogP contribution in [0.3, 0.4) is 0 Å². The Morgan fingerprint density at radius 1 is 1.07 bits per heavy atom. The van der Waals surface area contributed by atoms with Gasteiger partial charge in [-0.3, -0.25) is 9.36 Å². The summed E-state index contributed by atoms with van der Waals surface area (Å²) in [5.41, 5.74) is 1.36. The molecular weight excluding hydrogens is 351 g/mol. The standard InChI is InChI=1S/C19H13FN4O3/c20-13-4-8-16-18(9-13)24(14-10-21-23(27)11-14)19(26)17(22-16)7-3-12-1-5-15(25)6-2-12/h1-11,25,27H/b7-3+. The highest BCUT2D eigenvalue weighted by Gasteiger charge is 2.13. The molecule has 0 saturated carbocycles. The molecule has 0 aliphatic rings. The number of phenolic OH excluding ortho intramolecular Hbond substituents is 1. The highest BCUT2D eigenvalue weighted by Crippen LogP contribution is 2.18. The quantitative estimate of drug-likeness (QED) is 0.545. The van der Waals surface area contributed by atoms with Gasteiger partial charge in [0.1, 0.15) is 17.3 Å². The Morgan fingerprint density at radius 3 is 2.56 bits per heavy atom. The second-order valence-corrected chi connectivity index (χ2v) is 5.81. The molecular formula is C19H13FN4O3. The van der Waals surface area contributed by atoms with Crippen LogP contribution in [-0.2, 0) is 0 Å². The molecule has 27 heavy (non-hydrogen) atoms. The van der Waals surface area contributed by atoms with Gasteiger partial charge in [-0.25, -0.2) is 9.37 Å². The first-order chi connectivity index (χ1) is 13.0. The summed E-state index contributed by atoms with van der Waals surface area (Å²) in [6.45, 7) is 0. The summed E-state index contributed by atoms with van der Waals surface area (Å²) in [4.78, 5) is 17.8. The first-order valence-electron chi connectivity index (χ1n) is 7.95. The van der Waals surface area contributed by atoms with E-state index in [4.69, 9.17) is 0 Å². The first-order valence-corrected chi connectivity index (χ1v) is 7.95. The van der Waals surface area contributed by atoms with Crippen molar-refractivity contribution in [2.75, 3.05) is 0 Å². The molecule has 0 saturated heterocycles. The minimum atomic E-state index is -0.513. The zero-order valence-corrected chi connectivity index (χ0v) is 13.8. The van der Waals surface area contributed by atoms with E-state index in [9.17, 15) is 19.5 Å². The number of hydrogen-bond acceptors (Lipinski definition) is 5. The maximum Gasteiger partial charge on any atom is 0.281 e. The normalized spacial score (nSPS) is 11.4. The van der Waals surface area contributed by atoms with Crippen LogP contribution >= 0.6 is 0 Å². The number of halogens is 1. The minimum absolute atomic E-state index is 0.132. The van der Waals surface area contributed by atoms with Crippen molar-refractivity contribution < 1.29 is 14.7 Å². The minimum Gasteiger partial charge on any atom is -0.508 e. The van der Waals surface area contributed by atoms with Crippen molar-refractivity contribution in [1.29, 1.82) is 0 Å². The summed E-state index contributed by atoms with van der Waals surface area (Å²) in [6, 6.07) is 10.4. The molecule has 0 aliphatic carbocycles. The van der Waals surface area contributed by atoms with Crippen molar-refractivity contribution in [2.24, 2.45) is 0 Å². The third-order valence-corrected chi connectivity index (χ3v) is 3.98. The van der Waals surface area contributed by atoms with Crippen LogP contribution in [-0.4, -0.2) is 29.8 Å². The Hall–Kier alpha value is -3.94. The van der Waals surface area contributed by atoms with Crippen molar-refractivity contribution in [1.82, 2.24) is 19.5 Å². The fourth-order valence-electron chi connectivity index (χ4n) is 2.72. The Kier molecular flexibility index (Phi) is 3.92. The highest BCUT2D eigenvalue weighted by atomic mass is 19.1. The van der Waals surface area contributed by atoms with Gasteiger partial charge in [0, 0.05) is 6.07 Å². The predicted molar refractivity (Wildman–Crippen MR) is 97.3 cm³/mol. The number of rotatable bonds is 3. The number of phenols is 1. The van der Waals surface area contributed by atoms with Crippen molar-refractivity contribution >= 4 is 23.2 Å². The third kappa shape index (κ3) is 3.15. The maximum atomic E-state index is 13.7. The van der Waals surface area contributed by atoms with Gasteiger partial charge >= 0.3 is 0 Å². The maximum absolute atomic E-state index is 13.7. The fourth-order valence-corrected chi connectivity index (χ4v) is 2.72. The van der Waals surface area contributed by atoms with E-state index in [1.807, 2.05) is 0 Å². The van der Waals surface area contributed by atoms with Gasteiger partial charge in [-0.15, -0.1) is 9.94 Å². The molecule has 2 aromatic carbocycles. The average molecular weight is 364 g/mol. The van der Waals surface area contributed by atoms with Crippen LogP contribution in [0.2, 0.25) is 0 Å². The topological polar surface area (TPSA) is 93.2 Å². The van der Waals surface area contributed by atoms with E-state index in [1.54, 1.807) is 18.2 Å². The summed E-state index contributed by atoms with van der Waals surface area (Å²) in [7, 11) is 0. The zero-order valence-electron chi connectivity index (χ0n) is 13.8. The molecule has 0 atom stereocenters. The molecule has 2 heterocycles. The summed E-state index contributed by atoms with van der Waals surface area (Å²) < 4.78 is 15.0. The van der Waals surface area contributed by atoms with Gasteiger partial charge in [0.05, 0.1) is 29.1 Å². The van der Waals surface area contributed by atoms with Crippen molar-refractivity contribution in [3.8, 4) is 11.4 Å². The Labute approximate surface area is 151 Å². The second kappa shape index (κ2) is 6.41. The molecule has 0 bridgehead atoms. The summed E-state index contributed by atoms with van der Waals surface area (Å²) in [5.74, 6) is -0.373. The number of hydrogen-bond donors (Lipinski definition) is 2. The lowest BCUT2D eigenvalue weighted by Crippen LogP contribution is -2.22. The predicted octanol–water partition coefficient (Wildman–Crippen LogP) is 2.83. The molecule has 0 spiro atoms. The fraction of sp³-hybridized carbons (Fsp3) is 0. The van der Waals surface area contributed by atoms with E-state index in [2.05, 4.69) is 10.1 Å². The number of aromatic nitrogens is 4. The highest BCUT2D eigenvalue weighted by molar-refractivity contribution is 5.79. The molecule has 8 heteroatoms. The van der Waals surface area contributed by atoms with Gasteiger partial charge in [-0.05, 0) is 35.9 Å². The molecule has 2 N–H and O–H groups in total. The van der Waals surface area contributed by atoms with Crippen molar-refractivity contribution in [2.45, 2.75) is 0 Å². The monoisotopic (exact) mass is 364 g/mol. The third-order valence-electron chi connectivity index (χ3n) is 3.98. The van der Waals surface area contributed by atoms with Gasteiger partial charge in [0.2, 0.25) is 0 Å². The van der Waals surface area contributed by atoms with Crippen LogP contribution in [0.4, 0.5) is 4.39 Å². The van der Waals surface area contributed by atoms with Crippen molar-refractivity contribution in [3.05, 3.63) is 82.3 Å². The molecule has 4 rings (SSSR count). The molecule has 134 valence electrons. The van der Waals surface area contributed by atoms with Gasteiger partial charge in [0.15, 0.2) is 0 Å². The number of aromatic hydroxyl groups is 1. The van der Waals surface area contributed by atoms with Crippen LogP contribution in [0.5, 0.6) is 5.75 Å². The number of fused-ring (bicyclic) bond motifs is 1. The van der Waals surface area contributed by atoms with Gasteiger partial charge in [0.25, 0.3) is 5.56 Å². The molecule has 7 nitrogen and oxygen atoms in total. The average Bonchev–Trinajstić information content (AvgIpc) is 3.07. The van der Waals surface area contributed by atoms with E-state index >= 15 is 0 Å². The number of nitrogens with zero attached hydrogens (tertiary/aromatic N) is 4. The Balaban J connectivity index is 1.91. The van der Waals surface area contributed by atoms with E-state index in [0.717, 1.165) is 5.56 Å². The van der Waals surface area contributed by atoms with E-state index in [-0.39, 0.29) is 22.6 Å². The van der Waals surface area contributed by atoms with E-state index in [0.29, 0.717) is 10.4 Å². The lowest BCUT2D eigenvalue weighted by molar-refractivity contribution is 0.149. The largest absolute Gasteiger partial charge is 0.508 e. The molecule has 2 aromatic heterocycles. The van der Waals surface area contributed by atoms with Crippen LogP contribution < -0.4 is 5.56 Å². The van der Waals surface area contributed by atoms with Gasteiger partial charge in [-0.1, -0.05) is 18.2 Å². The van der Waals surface area contributed by atoms with Crippen LogP contribution in [0, 0.1) is 5.82 Å².